The van der Waals surface area contributed by atoms with Crippen LogP contribution in [0.5, 0.6) is 0 Å². The number of benzene rings is 1. The summed E-state index contributed by atoms with van der Waals surface area (Å²) in [6.45, 7) is 0.544. The van der Waals surface area contributed by atoms with E-state index in [-0.39, 0.29) is 42.0 Å². The molecule has 0 radical (unpaired) electrons. The van der Waals surface area contributed by atoms with Crippen LogP contribution in [0.3, 0.4) is 0 Å². The van der Waals surface area contributed by atoms with E-state index in [2.05, 4.69) is 25.9 Å². The molecular weight excluding hydrogens is 450 g/mol. The van der Waals surface area contributed by atoms with E-state index >= 15 is 0 Å². The first-order chi connectivity index (χ1) is 16.2. The average Bonchev–Trinajstić information content (AvgIpc) is 2.80. The Morgan fingerprint density at radius 3 is 2.59 bits per heavy atom. The Morgan fingerprint density at radius 2 is 1.97 bits per heavy atom. The normalized spacial score (nSPS) is 15.4. The van der Waals surface area contributed by atoms with Crippen molar-refractivity contribution in [1.29, 1.82) is 0 Å². The lowest BCUT2D eigenvalue weighted by atomic mass is 10.1. The zero-order valence-corrected chi connectivity index (χ0v) is 17.8. The highest BCUT2D eigenvalue weighted by atomic mass is 16.4. The molecule has 1 aromatic heterocycles. The van der Waals surface area contributed by atoms with Gasteiger partial charge in [0.05, 0.1) is 6.04 Å². The van der Waals surface area contributed by atoms with Crippen LogP contribution in [-0.2, 0) is 14.4 Å². The largest absolute Gasteiger partial charge is 0.481 e. The van der Waals surface area contributed by atoms with Crippen molar-refractivity contribution in [2.75, 3.05) is 34.4 Å². The Labute approximate surface area is 192 Å². The molecule has 8 N–H and O–H groups in total. The minimum absolute atomic E-state index is 0.102. The molecule has 0 bridgehead atoms. The second-order valence-electron chi connectivity index (χ2n) is 7.50. The van der Waals surface area contributed by atoms with E-state index in [4.69, 9.17) is 15.9 Å². The van der Waals surface area contributed by atoms with E-state index in [9.17, 15) is 24.0 Å². The number of nitrogens with zero attached hydrogens (tertiary/aromatic N) is 2. The van der Waals surface area contributed by atoms with Crippen LogP contribution in [0.25, 0.3) is 0 Å². The van der Waals surface area contributed by atoms with Gasteiger partial charge in [0.2, 0.25) is 12.4 Å². The molecule has 2 heterocycles. The van der Waals surface area contributed by atoms with Crippen molar-refractivity contribution in [2.45, 2.75) is 24.9 Å². The van der Waals surface area contributed by atoms with E-state index in [0.29, 0.717) is 18.6 Å². The van der Waals surface area contributed by atoms with Gasteiger partial charge in [0.25, 0.3) is 11.5 Å². The van der Waals surface area contributed by atoms with E-state index < -0.39 is 35.9 Å². The predicted octanol–water partition coefficient (Wildman–Crippen LogP) is -0.731. The fourth-order valence-corrected chi connectivity index (χ4v) is 3.35. The molecule has 3 rings (SSSR count). The second-order valence-corrected chi connectivity index (χ2v) is 7.50. The van der Waals surface area contributed by atoms with Crippen molar-refractivity contribution < 1.29 is 29.4 Å². The number of nitrogen functional groups attached to an aromatic ring is 1. The van der Waals surface area contributed by atoms with Gasteiger partial charge in [-0.1, -0.05) is 0 Å². The number of H-pyrrole nitrogens is 1. The molecule has 0 saturated carbocycles. The summed E-state index contributed by atoms with van der Waals surface area (Å²) in [6.07, 6.45) is -0.0697. The summed E-state index contributed by atoms with van der Waals surface area (Å²) in [7, 11) is 0. The van der Waals surface area contributed by atoms with Crippen molar-refractivity contribution >= 4 is 47.4 Å². The number of carboxylic acids is 2. The Bertz CT molecular complexity index is 1150. The van der Waals surface area contributed by atoms with Crippen LogP contribution < -0.4 is 32.1 Å². The number of hydrogen-bond acceptors (Lipinski definition) is 9. The summed E-state index contributed by atoms with van der Waals surface area (Å²) in [5.74, 6) is -3.09. The highest BCUT2D eigenvalue weighted by molar-refractivity contribution is 5.97. The summed E-state index contributed by atoms with van der Waals surface area (Å²) >= 11 is 0. The number of nitrogens with two attached hydrogens (primary N) is 1. The molecule has 2 aromatic rings. The topological polar surface area (TPSA) is 220 Å². The number of carbonyl (C=O) groups excluding carboxylic acids is 2. The summed E-state index contributed by atoms with van der Waals surface area (Å²) in [5.41, 5.74) is 5.99. The molecule has 1 aliphatic rings. The fraction of sp³-hybridized carbons (Fsp3) is 0.300. The number of aromatic amines is 1. The molecule has 0 fully saturated rings. The lowest BCUT2D eigenvalue weighted by Gasteiger charge is -2.32. The van der Waals surface area contributed by atoms with Crippen LogP contribution in [0, 0.1) is 0 Å². The molecule has 1 aromatic carbocycles. The van der Waals surface area contributed by atoms with E-state index in [1.807, 2.05) is 0 Å². The molecule has 0 saturated heterocycles. The Hall–Kier alpha value is -4.62. The average molecular weight is 473 g/mol. The summed E-state index contributed by atoms with van der Waals surface area (Å²) < 4.78 is 0. The molecule has 2 atom stereocenters. The molecule has 2 amide bonds. The van der Waals surface area contributed by atoms with E-state index in [1.54, 1.807) is 12.1 Å². The molecule has 14 heteroatoms. The minimum atomic E-state index is -1.32. The highest BCUT2D eigenvalue weighted by Gasteiger charge is 2.27. The monoisotopic (exact) mass is 473 g/mol. The standard InChI is InChI=1S/C20H23N7O7/c21-20-25-16-15(18(32)26-20)23-12(8-27(16)9-28)7-22-11-3-1-10(2-4-11)17(31)24-13(19(33)34)5-6-14(29)30/h1-4,9,12-13,22-23H,5-8H2,(H,24,31)(H,29,30)(H,33,34)(H3,21,25,26,32). The zero-order valence-electron chi connectivity index (χ0n) is 17.8. The van der Waals surface area contributed by atoms with Gasteiger partial charge in [-0.25, -0.2) is 4.79 Å². The first-order valence-electron chi connectivity index (χ1n) is 10.2. The molecule has 0 aliphatic carbocycles. The van der Waals surface area contributed by atoms with E-state index in [1.165, 1.54) is 17.0 Å². The van der Waals surface area contributed by atoms with Gasteiger partial charge in [0, 0.05) is 30.8 Å². The molecule has 14 nitrogen and oxygen atoms in total. The number of fused-ring (bicyclic) bond motifs is 1. The van der Waals surface area contributed by atoms with Gasteiger partial charge in [-0.05, 0) is 30.7 Å². The molecule has 180 valence electrons. The molecular formula is C20H23N7O7. The van der Waals surface area contributed by atoms with Gasteiger partial charge in [-0.15, -0.1) is 0 Å². The lowest BCUT2D eigenvalue weighted by Crippen LogP contribution is -2.47. The number of carbonyl (C=O) groups is 4. The van der Waals surface area contributed by atoms with Crippen LogP contribution in [0.2, 0.25) is 0 Å². The third-order valence-corrected chi connectivity index (χ3v) is 5.03. The first kappa shape index (κ1) is 24.0. The maximum absolute atomic E-state index is 12.3. The van der Waals surface area contributed by atoms with Crippen LogP contribution in [0.1, 0.15) is 23.2 Å². The summed E-state index contributed by atoms with van der Waals surface area (Å²) in [6, 6.07) is 4.50. The fourth-order valence-electron chi connectivity index (χ4n) is 3.35. The minimum Gasteiger partial charge on any atom is -0.481 e. The number of hydrogen-bond donors (Lipinski definition) is 7. The predicted molar refractivity (Wildman–Crippen MR) is 121 cm³/mol. The van der Waals surface area contributed by atoms with Gasteiger partial charge in [0.15, 0.2) is 5.82 Å². The number of aromatic nitrogens is 2. The molecule has 1 aliphatic heterocycles. The van der Waals surface area contributed by atoms with Crippen molar-refractivity contribution in [3.05, 3.63) is 40.2 Å². The molecule has 0 spiro atoms. The third-order valence-electron chi connectivity index (χ3n) is 5.03. The van der Waals surface area contributed by atoms with Crippen LogP contribution in [0.4, 0.5) is 23.1 Å². The molecule has 2 unspecified atom stereocenters. The first-order valence-corrected chi connectivity index (χ1v) is 10.2. The van der Waals surface area contributed by atoms with Gasteiger partial charge in [-0.3, -0.25) is 29.1 Å². The molecule has 34 heavy (non-hydrogen) atoms. The maximum atomic E-state index is 12.3. The van der Waals surface area contributed by atoms with Gasteiger partial charge in [-0.2, -0.15) is 4.98 Å². The second kappa shape index (κ2) is 10.3. The quantitative estimate of drug-likeness (QED) is 0.213. The zero-order chi connectivity index (χ0) is 24.8. The summed E-state index contributed by atoms with van der Waals surface area (Å²) in [5, 5.41) is 26.3. The Kier molecular flexibility index (Phi) is 7.30. The van der Waals surface area contributed by atoms with Crippen molar-refractivity contribution in [2.24, 2.45) is 0 Å². The number of rotatable bonds is 10. The highest BCUT2D eigenvalue weighted by Crippen LogP contribution is 2.24. The van der Waals surface area contributed by atoms with Crippen LogP contribution >= 0.6 is 0 Å². The lowest BCUT2D eigenvalue weighted by molar-refractivity contribution is -0.140. The van der Waals surface area contributed by atoms with Crippen molar-refractivity contribution in [1.82, 2.24) is 15.3 Å². The smallest absolute Gasteiger partial charge is 0.326 e. The maximum Gasteiger partial charge on any atom is 0.326 e. The number of anilines is 4. The Morgan fingerprint density at radius 1 is 1.26 bits per heavy atom. The number of aliphatic carboxylic acids is 2. The van der Waals surface area contributed by atoms with Crippen LogP contribution in [-0.4, -0.2) is 69.6 Å². The van der Waals surface area contributed by atoms with Crippen molar-refractivity contribution in [3.8, 4) is 0 Å². The summed E-state index contributed by atoms with van der Waals surface area (Å²) in [4.78, 5) is 65.5. The van der Waals surface area contributed by atoms with Gasteiger partial charge < -0.3 is 31.9 Å². The third kappa shape index (κ3) is 5.79. The Balaban J connectivity index is 1.60. The van der Waals surface area contributed by atoms with E-state index in [0.717, 1.165) is 0 Å². The SMILES string of the molecule is Nc1nc2c(c(=O)[nH]1)NC(CNc1ccc(C(=O)NC(CCC(=O)O)C(=O)O)cc1)CN2C=O. The number of amides is 2. The van der Waals surface area contributed by atoms with Crippen LogP contribution in [0.15, 0.2) is 29.1 Å². The van der Waals surface area contributed by atoms with Gasteiger partial charge in [0.1, 0.15) is 11.7 Å². The van der Waals surface area contributed by atoms with Crippen molar-refractivity contribution in [3.63, 3.8) is 0 Å². The number of nitrogens with one attached hydrogen (secondary N) is 4. The number of carboxylic acid groups (broad SMARTS) is 2. The van der Waals surface area contributed by atoms with Gasteiger partial charge >= 0.3 is 11.9 Å².